The van der Waals surface area contributed by atoms with E-state index in [-0.39, 0.29) is 18.8 Å². The summed E-state index contributed by atoms with van der Waals surface area (Å²) in [5, 5.41) is 11.0. The molecule has 1 amide bonds. The summed E-state index contributed by atoms with van der Waals surface area (Å²) < 4.78 is 30.9. The van der Waals surface area contributed by atoms with Crippen LogP contribution in [0.15, 0.2) is 54.6 Å². The van der Waals surface area contributed by atoms with Gasteiger partial charge in [0.05, 0.1) is 18.3 Å². The van der Waals surface area contributed by atoms with Crippen LogP contribution in [0.25, 0.3) is 0 Å². The van der Waals surface area contributed by atoms with Crippen LogP contribution in [0.3, 0.4) is 0 Å². The molecule has 9 nitrogen and oxygen atoms in total. The van der Waals surface area contributed by atoms with Gasteiger partial charge in [-0.15, -0.1) is 0 Å². The minimum Gasteiger partial charge on any atom is -0.450 e. The van der Waals surface area contributed by atoms with Gasteiger partial charge in [-0.3, -0.25) is 4.90 Å². The fourth-order valence-electron chi connectivity index (χ4n) is 5.67. The maximum absolute atomic E-state index is 13.4. The van der Waals surface area contributed by atoms with Crippen molar-refractivity contribution in [1.82, 2.24) is 0 Å². The smallest absolute Gasteiger partial charge is 0.414 e. The predicted molar refractivity (Wildman–Crippen MR) is 177 cm³/mol. The van der Waals surface area contributed by atoms with Crippen molar-refractivity contribution in [3.05, 3.63) is 65.7 Å². The van der Waals surface area contributed by atoms with Crippen LogP contribution in [0.2, 0.25) is 36.3 Å². The number of anilines is 1. The highest BCUT2D eigenvalue weighted by molar-refractivity contribution is 6.74. The molecule has 2 aromatic rings. The summed E-state index contributed by atoms with van der Waals surface area (Å²) in [6.45, 7) is 13.3. The Labute approximate surface area is 265 Å². The van der Waals surface area contributed by atoms with Crippen molar-refractivity contribution in [1.29, 1.82) is 0 Å². The van der Waals surface area contributed by atoms with Crippen LogP contribution in [-0.2, 0) is 29.7 Å². The molecule has 244 valence electrons. The van der Waals surface area contributed by atoms with E-state index in [1.54, 1.807) is 31.3 Å². The molecule has 1 fully saturated rings. The van der Waals surface area contributed by atoms with Crippen molar-refractivity contribution in [2.45, 2.75) is 109 Å². The van der Waals surface area contributed by atoms with Crippen molar-refractivity contribution < 1.29 is 37.8 Å². The topological polar surface area (TPSA) is 104 Å². The number of nitrogens with zero attached hydrogens (tertiary/aromatic N) is 1. The molecule has 3 rings (SSSR count). The lowest BCUT2D eigenvalue weighted by atomic mass is 10.1. The molecular weight excluding hydrogens is 595 g/mol. The average molecular weight is 646 g/mol. The SMILES string of the molecule is CC[Si](CC)(CC)O[C@@H]1[C@@H](OC(=O)c2ccc(N(C)C(=O)OCc3ccccc3)cc2)[C@@H](O)OC[C@H]1O[Si](CC)(CC)CC. The molecule has 44 heavy (non-hydrogen) atoms. The molecule has 0 aliphatic carbocycles. The van der Waals surface area contributed by atoms with Gasteiger partial charge in [-0.1, -0.05) is 71.9 Å². The van der Waals surface area contributed by atoms with Crippen molar-refractivity contribution >= 4 is 34.4 Å². The van der Waals surface area contributed by atoms with Gasteiger partial charge in [-0.25, -0.2) is 9.59 Å². The molecule has 1 aliphatic rings. The molecule has 0 saturated carbocycles. The Hall–Kier alpha value is -2.55. The lowest BCUT2D eigenvalue weighted by molar-refractivity contribution is -0.245. The largest absolute Gasteiger partial charge is 0.450 e. The fraction of sp³-hybridized carbons (Fsp3) is 0.576. The van der Waals surface area contributed by atoms with E-state index in [0.717, 1.165) is 41.8 Å². The van der Waals surface area contributed by atoms with Gasteiger partial charge < -0.3 is 28.2 Å². The van der Waals surface area contributed by atoms with Crippen molar-refractivity contribution in [3.8, 4) is 0 Å². The summed E-state index contributed by atoms with van der Waals surface area (Å²) in [7, 11) is -2.65. The number of ether oxygens (including phenoxy) is 3. The molecule has 1 N–H and O–H groups in total. The maximum atomic E-state index is 13.4. The Bertz CT molecular complexity index is 1160. The average Bonchev–Trinajstić information content (AvgIpc) is 3.07. The standard InChI is InChI=1S/C33H51NO8Si2/c1-8-43(9-2,10-3)41-28-24-38-32(36)30(29(28)42-44(11-4,12-5)13-6)40-31(35)26-19-21-27(22-20-26)34(7)33(37)39-23-25-17-15-14-16-18-25/h14-22,28-30,32,36H,8-13,23-24H2,1-7H3/t28-,29+,30-,32+/m1/s1. The van der Waals surface area contributed by atoms with Gasteiger partial charge in [0.25, 0.3) is 0 Å². The highest BCUT2D eigenvalue weighted by Gasteiger charge is 2.49. The number of esters is 1. The zero-order chi connectivity index (χ0) is 32.3. The van der Waals surface area contributed by atoms with E-state index < -0.39 is 53.3 Å². The van der Waals surface area contributed by atoms with Crippen LogP contribution < -0.4 is 4.90 Å². The third kappa shape index (κ3) is 8.79. The van der Waals surface area contributed by atoms with Crippen LogP contribution in [0, 0.1) is 0 Å². The van der Waals surface area contributed by atoms with Gasteiger partial charge in [0.15, 0.2) is 29.0 Å². The normalized spacial score (nSPS) is 20.6. The molecule has 1 saturated heterocycles. The van der Waals surface area contributed by atoms with E-state index in [0.29, 0.717) is 5.69 Å². The number of aliphatic hydroxyl groups excluding tert-OH is 1. The summed E-state index contributed by atoms with van der Waals surface area (Å²) in [5.74, 6) is -0.616. The first-order chi connectivity index (χ1) is 21.1. The number of amides is 1. The van der Waals surface area contributed by atoms with Gasteiger partial charge in [-0.05, 0) is 66.1 Å². The van der Waals surface area contributed by atoms with Crippen LogP contribution in [0.1, 0.15) is 57.5 Å². The van der Waals surface area contributed by atoms with E-state index in [2.05, 4.69) is 41.5 Å². The van der Waals surface area contributed by atoms with Gasteiger partial charge >= 0.3 is 12.1 Å². The Kier molecular flexibility index (Phi) is 13.6. The van der Waals surface area contributed by atoms with Crippen LogP contribution in [0.5, 0.6) is 0 Å². The van der Waals surface area contributed by atoms with Crippen molar-refractivity contribution in [3.63, 3.8) is 0 Å². The first kappa shape index (κ1) is 35.9. The minimum atomic E-state index is -2.19. The van der Waals surface area contributed by atoms with Gasteiger partial charge in [-0.2, -0.15) is 0 Å². The Morgan fingerprint density at radius 3 is 1.91 bits per heavy atom. The molecule has 0 aromatic heterocycles. The molecule has 0 bridgehead atoms. The van der Waals surface area contributed by atoms with Gasteiger partial charge in [0, 0.05) is 12.7 Å². The van der Waals surface area contributed by atoms with Crippen LogP contribution in [0.4, 0.5) is 10.5 Å². The Balaban J connectivity index is 1.78. The first-order valence-electron chi connectivity index (χ1n) is 16.0. The summed E-state index contributed by atoms with van der Waals surface area (Å²) >= 11 is 0. The number of rotatable bonds is 15. The zero-order valence-electron chi connectivity index (χ0n) is 27.4. The number of benzene rings is 2. The molecule has 4 atom stereocenters. The predicted octanol–water partition coefficient (Wildman–Crippen LogP) is 7.11. The third-order valence-corrected chi connectivity index (χ3v) is 18.6. The zero-order valence-corrected chi connectivity index (χ0v) is 29.4. The Morgan fingerprint density at radius 2 is 1.36 bits per heavy atom. The fourth-order valence-corrected chi connectivity index (χ4v) is 11.4. The van der Waals surface area contributed by atoms with E-state index in [1.165, 1.54) is 4.90 Å². The third-order valence-electron chi connectivity index (χ3n) is 9.27. The van der Waals surface area contributed by atoms with Crippen LogP contribution >= 0.6 is 0 Å². The highest BCUT2D eigenvalue weighted by Crippen LogP contribution is 2.34. The molecule has 0 radical (unpaired) electrons. The number of carbonyl (C=O) groups is 2. The molecule has 11 heteroatoms. The number of hydrogen-bond acceptors (Lipinski definition) is 8. The minimum absolute atomic E-state index is 0.158. The maximum Gasteiger partial charge on any atom is 0.414 e. The first-order valence-corrected chi connectivity index (χ1v) is 21.1. The van der Waals surface area contributed by atoms with Gasteiger partial charge in [0.2, 0.25) is 0 Å². The molecule has 1 aliphatic heterocycles. The molecular formula is C33H51NO8Si2. The second kappa shape index (κ2) is 16.7. The quantitative estimate of drug-likeness (QED) is 0.161. The van der Waals surface area contributed by atoms with Crippen LogP contribution in [-0.4, -0.2) is 72.1 Å². The number of hydrogen-bond donors (Lipinski definition) is 1. The molecule has 2 aromatic carbocycles. The lowest BCUT2D eigenvalue weighted by Crippen LogP contribution is -2.62. The molecule has 0 spiro atoms. The van der Waals surface area contributed by atoms with Crippen molar-refractivity contribution in [2.75, 3.05) is 18.6 Å². The summed E-state index contributed by atoms with van der Waals surface area (Å²) in [5.41, 5.74) is 1.72. The van der Waals surface area contributed by atoms with Crippen molar-refractivity contribution in [2.24, 2.45) is 0 Å². The second-order valence-corrected chi connectivity index (χ2v) is 20.9. The Morgan fingerprint density at radius 1 is 0.818 bits per heavy atom. The molecule has 1 heterocycles. The van der Waals surface area contributed by atoms with E-state index in [4.69, 9.17) is 23.1 Å². The van der Waals surface area contributed by atoms with E-state index in [9.17, 15) is 14.7 Å². The van der Waals surface area contributed by atoms with E-state index >= 15 is 0 Å². The summed E-state index contributed by atoms with van der Waals surface area (Å²) in [6.07, 6.45) is -4.00. The van der Waals surface area contributed by atoms with Gasteiger partial charge in [0.1, 0.15) is 12.7 Å². The lowest BCUT2D eigenvalue weighted by Gasteiger charge is -2.46. The summed E-state index contributed by atoms with van der Waals surface area (Å²) in [4.78, 5) is 27.4. The number of aliphatic hydroxyl groups is 1. The highest BCUT2D eigenvalue weighted by atomic mass is 28.4. The number of carbonyl (C=O) groups excluding carboxylic acids is 2. The molecule has 0 unspecified atom stereocenters. The monoisotopic (exact) mass is 645 g/mol. The second-order valence-electron chi connectivity index (χ2n) is 11.5. The van der Waals surface area contributed by atoms with E-state index in [1.807, 2.05) is 30.3 Å². The summed E-state index contributed by atoms with van der Waals surface area (Å²) in [6, 6.07) is 21.5.